The van der Waals surface area contributed by atoms with Crippen LogP contribution in [-0.2, 0) is 4.74 Å². The second-order valence-corrected chi connectivity index (χ2v) is 4.06. The molecule has 4 heteroatoms. The minimum atomic E-state index is -0.0746. The van der Waals surface area contributed by atoms with Gasteiger partial charge in [-0.3, -0.25) is 4.99 Å². The first kappa shape index (κ1) is 11.3. The Morgan fingerprint density at radius 1 is 1.71 bits per heavy atom. The average Bonchev–Trinajstić information content (AvgIpc) is 2.46. The van der Waals surface area contributed by atoms with Gasteiger partial charge in [0.25, 0.3) is 0 Å². The van der Waals surface area contributed by atoms with Crippen LogP contribution in [0.3, 0.4) is 0 Å². The number of guanidine groups is 1. The van der Waals surface area contributed by atoms with E-state index in [9.17, 15) is 0 Å². The highest BCUT2D eigenvalue weighted by Crippen LogP contribution is 2.26. The van der Waals surface area contributed by atoms with Crippen molar-refractivity contribution in [2.75, 3.05) is 20.2 Å². The van der Waals surface area contributed by atoms with Gasteiger partial charge in [-0.15, -0.1) is 0 Å². The predicted molar refractivity (Wildman–Crippen MR) is 58.4 cm³/mol. The number of nitrogens with two attached hydrogens (primary N) is 1. The lowest BCUT2D eigenvalue weighted by molar-refractivity contribution is 0.00703. The largest absolute Gasteiger partial charge is 0.379 e. The van der Waals surface area contributed by atoms with Crippen LogP contribution in [0.25, 0.3) is 0 Å². The number of rotatable bonds is 4. The Hall–Kier alpha value is -0.770. The van der Waals surface area contributed by atoms with Crippen LogP contribution in [0, 0.1) is 0 Å². The van der Waals surface area contributed by atoms with Crippen molar-refractivity contribution in [2.45, 2.75) is 38.8 Å². The molecule has 0 fully saturated rings. The van der Waals surface area contributed by atoms with E-state index in [-0.39, 0.29) is 11.6 Å². The minimum Gasteiger partial charge on any atom is -0.379 e. The quantitative estimate of drug-likeness (QED) is 0.729. The molecule has 0 aromatic rings. The summed E-state index contributed by atoms with van der Waals surface area (Å²) in [6, 6.07) is 0. The van der Waals surface area contributed by atoms with E-state index in [1.807, 2.05) is 0 Å². The maximum absolute atomic E-state index is 5.85. The summed E-state index contributed by atoms with van der Waals surface area (Å²) in [5, 5.41) is 0. The van der Waals surface area contributed by atoms with Gasteiger partial charge in [0.15, 0.2) is 5.96 Å². The molecule has 82 valence electrons. The normalized spacial score (nSPS) is 29.1. The van der Waals surface area contributed by atoms with Gasteiger partial charge in [-0.05, 0) is 20.3 Å². The van der Waals surface area contributed by atoms with E-state index in [0.717, 1.165) is 19.5 Å². The number of hydrogen-bond acceptors (Lipinski definition) is 4. The van der Waals surface area contributed by atoms with E-state index in [1.165, 1.54) is 0 Å². The molecule has 1 heterocycles. The Bertz CT molecular complexity index is 229. The third-order valence-corrected chi connectivity index (χ3v) is 3.13. The highest BCUT2D eigenvalue weighted by molar-refractivity contribution is 5.81. The summed E-state index contributed by atoms with van der Waals surface area (Å²) < 4.78 is 5.39. The highest BCUT2D eigenvalue weighted by atomic mass is 16.5. The molecule has 1 aliphatic heterocycles. The monoisotopic (exact) mass is 199 g/mol. The van der Waals surface area contributed by atoms with Crippen molar-refractivity contribution in [1.82, 2.24) is 4.90 Å². The summed E-state index contributed by atoms with van der Waals surface area (Å²) in [6.07, 6.45) is 1.21. The molecule has 2 unspecified atom stereocenters. The van der Waals surface area contributed by atoms with Crippen LogP contribution in [-0.4, -0.2) is 42.7 Å². The van der Waals surface area contributed by atoms with Crippen molar-refractivity contribution >= 4 is 5.96 Å². The first-order chi connectivity index (χ1) is 6.56. The summed E-state index contributed by atoms with van der Waals surface area (Å²) in [7, 11) is 1.73. The summed E-state index contributed by atoms with van der Waals surface area (Å²) in [4.78, 5) is 6.45. The van der Waals surface area contributed by atoms with Crippen LogP contribution in [0.15, 0.2) is 4.99 Å². The van der Waals surface area contributed by atoms with E-state index in [0.29, 0.717) is 5.96 Å². The van der Waals surface area contributed by atoms with Gasteiger partial charge in [0.1, 0.15) is 0 Å². The Kier molecular flexibility index (Phi) is 3.37. The number of hydrogen-bond donors (Lipinski definition) is 1. The summed E-state index contributed by atoms with van der Waals surface area (Å²) >= 11 is 0. The summed E-state index contributed by atoms with van der Waals surface area (Å²) in [5.74, 6) is 0.651. The SMILES string of the molecule is CCCN1C(N)=NCC1(C)C(C)OC. The number of ether oxygens (including phenoxy) is 1. The zero-order valence-electron chi connectivity index (χ0n) is 9.58. The third-order valence-electron chi connectivity index (χ3n) is 3.13. The van der Waals surface area contributed by atoms with E-state index in [4.69, 9.17) is 10.5 Å². The van der Waals surface area contributed by atoms with E-state index in [2.05, 4.69) is 30.7 Å². The van der Waals surface area contributed by atoms with Crippen molar-refractivity contribution in [1.29, 1.82) is 0 Å². The molecule has 0 spiro atoms. The smallest absolute Gasteiger partial charge is 0.191 e. The van der Waals surface area contributed by atoms with Gasteiger partial charge in [-0.25, -0.2) is 0 Å². The number of aliphatic imine (C=N–C) groups is 1. The van der Waals surface area contributed by atoms with Crippen LogP contribution >= 0.6 is 0 Å². The standard InChI is InChI=1S/C10H21N3O/c1-5-6-13-9(11)12-7-10(13,3)8(2)14-4/h8H,5-7H2,1-4H3,(H2,11,12). The molecule has 0 aromatic carbocycles. The molecule has 0 radical (unpaired) electrons. The Balaban J connectivity index is 2.79. The van der Waals surface area contributed by atoms with Crippen LogP contribution in [0.2, 0.25) is 0 Å². The van der Waals surface area contributed by atoms with Crippen LogP contribution in [0.5, 0.6) is 0 Å². The zero-order chi connectivity index (χ0) is 10.8. The Morgan fingerprint density at radius 2 is 2.36 bits per heavy atom. The Morgan fingerprint density at radius 3 is 2.86 bits per heavy atom. The lowest BCUT2D eigenvalue weighted by Crippen LogP contribution is -2.56. The van der Waals surface area contributed by atoms with Crippen LogP contribution in [0.4, 0.5) is 0 Å². The highest BCUT2D eigenvalue weighted by Gasteiger charge is 2.42. The van der Waals surface area contributed by atoms with Gasteiger partial charge in [0.2, 0.25) is 0 Å². The maximum Gasteiger partial charge on any atom is 0.191 e. The fraction of sp³-hybridized carbons (Fsp3) is 0.900. The number of nitrogens with zero attached hydrogens (tertiary/aromatic N) is 2. The van der Waals surface area contributed by atoms with Crippen molar-refractivity contribution in [3.8, 4) is 0 Å². The van der Waals surface area contributed by atoms with Crippen molar-refractivity contribution in [3.63, 3.8) is 0 Å². The van der Waals surface area contributed by atoms with Gasteiger partial charge in [0, 0.05) is 13.7 Å². The van der Waals surface area contributed by atoms with E-state index >= 15 is 0 Å². The Labute approximate surface area is 86.1 Å². The van der Waals surface area contributed by atoms with Gasteiger partial charge >= 0.3 is 0 Å². The molecular formula is C10H21N3O. The van der Waals surface area contributed by atoms with Gasteiger partial charge in [-0.1, -0.05) is 6.92 Å². The van der Waals surface area contributed by atoms with Crippen molar-refractivity contribution in [3.05, 3.63) is 0 Å². The molecule has 2 N–H and O–H groups in total. The molecule has 4 nitrogen and oxygen atoms in total. The molecule has 0 aliphatic carbocycles. The fourth-order valence-electron chi connectivity index (χ4n) is 1.87. The first-order valence-electron chi connectivity index (χ1n) is 5.16. The summed E-state index contributed by atoms with van der Waals surface area (Å²) in [6.45, 7) is 8.04. The topological polar surface area (TPSA) is 50.8 Å². The molecule has 0 bridgehead atoms. The van der Waals surface area contributed by atoms with Gasteiger partial charge < -0.3 is 15.4 Å². The first-order valence-corrected chi connectivity index (χ1v) is 5.16. The molecule has 0 saturated heterocycles. The lowest BCUT2D eigenvalue weighted by Gasteiger charge is -2.39. The van der Waals surface area contributed by atoms with E-state index in [1.54, 1.807) is 7.11 Å². The van der Waals surface area contributed by atoms with Crippen molar-refractivity contribution < 1.29 is 4.74 Å². The molecule has 0 aromatic heterocycles. The minimum absolute atomic E-state index is 0.0746. The van der Waals surface area contributed by atoms with Gasteiger partial charge in [-0.2, -0.15) is 0 Å². The molecule has 0 amide bonds. The lowest BCUT2D eigenvalue weighted by atomic mass is 9.94. The molecule has 14 heavy (non-hydrogen) atoms. The summed E-state index contributed by atoms with van der Waals surface area (Å²) in [5.41, 5.74) is 5.78. The third kappa shape index (κ3) is 1.71. The van der Waals surface area contributed by atoms with E-state index < -0.39 is 0 Å². The zero-order valence-corrected chi connectivity index (χ0v) is 9.58. The second kappa shape index (κ2) is 4.17. The molecule has 1 aliphatic rings. The number of methoxy groups -OCH3 is 1. The molecule has 1 rings (SSSR count). The maximum atomic E-state index is 5.85. The molecule has 2 atom stereocenters. The van der Waals surface area contributed by atoms with Gasteiger partial charge in [0.05, 0.1) is 18.2 Å². The van der Waals surface area contributed by atoms with Crippen molar-refractivity contribution in [2.24, 2.45) is 10.7 Å². The van der Waals surface area contributed by atoms with Crippen LogP contribution < -0.4 is 5.73 Å². The average molecular weight is 199 g/mol. The second-order valence-electron chi connectivity index (χ2n) is 4.06. The fourth-order valence-corrected chi connectivity index (χ4v) is 1.87. The molecule has 0 saturated carbocycles. The molecular weight excluding hydrogens is 178 g/mol. The van der Waals surface area contributed by atoms with Crippen LogP contribution in [0.1, 0.15) is 27.2 Å². The predicted octanol–water partition coefficient (Wildman–Crippen LogP) is 0.820.